The highest BCUT2D eigenvalue weighted by Crippen LogP contribution is 2.32. The number of nitrogens with one attached hydrogen (secondary N) is 1. The Morgan fingerprint density at radius 2 is 2.09 bits per heavy atom. The number of aryl methyl sites for hydroxylation is 1. The number of hydrogen-bond donors (Lipinski definition) is 2. The van der Waals surface area contributed by atoms with Gasteiger partial charge in [-0.25, -0.2) is 4.39 Å². The molecule has 1 unspecified atom stereocenters. The van der Waals surface area contributed by atoms with Crippen molar-refractivity contribution in [1.82, 2.24) is 0 Å². The number of furan rings is 1. The van der Waals surface area contributed by atoms with Gasteiger partial charge in [-0.15, -0.1) is 0 Å². The molecule has 116 valence electrons. The zero-order valence-corrected chi connectivity index (χ0v) is 12.3. The minimum absolute atomic E-state index is 0.165. The van der Waals surface area contributed by atoms with E-state index in [0.29, 0.717) is 18.6 Å². The SMILES string of the molecule is NC1CCc2cc(-c3cc4cccc(F)c4o3)ccc2NC1=O. The molecule has 4 nitrogen and oxygen atoms in total. The number of carbonyl (C=O) groups is 1. The summed E-state index contributed by atoms with van der Waals surface area (Å²) in [7, 11) is 0. The summed E-state index contributed by atoms with van der Waals surface area (Å²) in [5.74, 6) is 0.0665. The third-order valence-corrected chi connectivity index (χ3v) is 4.21. The maximum atomic E-state index is 13.8. The van der Waals surface area contributed by atoms with E-state index in [1.807, 2.05) is 30.3 Å². The summed E-state index contributed by atoms with van der Waals surface area (Å²) >= 11 is 0. The first-order valence-electron chi connectivity index (χ1n) is 7.49. The summed E-state index contributed by atoms with van der Waals surface area (Å²) in [6.45, 7) is 0. The van der Waals surface area contributed by atoms with Crippen LogP contribution in [-0.2, 0) is 11.2 Å². The van der Waals surface area contributed by atoms with Crippen molar-refractivity contribution < 1.29 is 13.6 Å². The fourth-order valence-corrected chi connectivity index (χ4v) is 2.91. The van der Waals surface area contributed by atoms with Crippen molar-refractivity contribution in [2.24, 2.45) is 5.73 Å². The van der Waals surface area contributed by atoms with Crippen molar-refractivity contribution in [3.8, 4) is 11.3 Å². The highest BCUT2D eigenvalue weighted by atomic mass is 19.1. The van der Waals surface area contributed by atoms with E-state index in [-0.39, 0.29) is 17.3 Å². The molecule has 0 bridgehead atoms. The Hall–Kier alpha value is -2.66. The molecule has 0 radical (unpaired) electrons. The highest BCUT2D eigenvalue weighted by Gasteiger charge is 2.20. The lowest BCUT2D eigenvalue weighted by atomic mass is 10.0. The first kappa shape index (κ1) is 14.0. The molecule has 0 saturated heterocycles. The molecule has 23 heavy (non-hydrogen) atoms. The molecule has 1 amide bonds. The van der Waals surface area contributed by atoms with Gasteiger partial charge >= 0.3 is 0 Å². The van der Waals surface area contributed by atoms with Gasteiger partial charge in [0.05, 0.1) is 6.04 Å². The minimum atomic E-state index is -0.494. The number of anilines is 1. The molecule has 3 aromatic rings. The molecule has 4 rings (SSSR count). The molecular weight excluding hydrogens is 295 g/mol. The minimum Gasteiger partial charge on any atom is -0.453 e. The van der Waals surface area contributed by atoms with Crippen molar-refractivity contribution in [2.45, 2.75) is 18.9 Å². The van der Waals surface area contributed by atoms with Gasteiger partial charge in [0.2, 0.25) is 5.91 Å². The lowest BCUT2D eigenvalue weighted by Gasteiger charge is -2.08. The first-order chi connectivity index (χ1) is 11.1. The normalized spacial score (nSPS) is 17.7. The van der Waals surface area contributed by atoms with Crippen LogP contribution in [0.15, 0.2) is 46.9 Å². The van der Waals surface area contributed by atoms with Crippen LogP contribution in [0.5, 0.6) is 0 Å². The van der Waals surface area contributed by atoms with Crippen LogP contribution in [0.25, 0.3) is 22.3 Å². The Bertz CT molecular complexity index is 917. The maximum Gasteiger partial charge on any atom is 0.241 e. The van der Waals surface area contributed by atoms with Crippen molar-refractivity contribution >= 4 is 22.6 Å². The average molecular weight is 310 g/mol. The number of hydrogen-bond acceptors (Lipinski definition) is 3. The van der Waals surface area contributed by atoms with Gasteiger partial charge in [0, 0.05) is 16.6 Å². The van der Waals surface area contributed by atoms with E-state index in [2.05, 4.69) is 5.32 Å². The number of amides is 1. The number of halogens is 1. The average Bonchev–Trinajstić information content (AvgIpc) is 2.93. The lowest BCUT2D eigenvalue weighted by Crippen LogP contribution is -2.34. The standard InChI is InChI=1S/C18H15FN2O2/c19-13-3-1-2-12-9-16(23-17(12)13)11-5-7-15-10(8-11)4-6-14(20)18(22)21-15/h1-3,5,7-9,14H,4,6,20H2,(H,21,22). The monoisotopic (exact) mass is 310 g/mol. The zero-order valence-electron chi connectivity index (χ0n) is 12.3. The summed E-state index contributed by atoms with van der Waals surface area (Å²) in [5.41, 5.74) is 8.69. The Morgan fingerprint density at radius 1 is 1.22 bits per heavy atom. The molecule has 0 aliphatic carbocycles. The molecule has 0 saturated carbocycles. The van der Waals surface area contributed by atoms with E-state index < -0.39 is 6.04 Å². The smallest absolute Gasteiger partial charge is 0.241 e. The van der Waals surface area contributed by atoms with Crippen LogP contribution < -0.4 is 11.1 Å². The summed E-state index contributed by atoms with van der Waals surface area (Å²) in [5, 5.41) is 3.56. The number of fused-ring (bicyclic) bond motifs is 2. The summed E-state index contributed by atoms with van der Waals surface area (Å²) in [4.78, 5) is 11.8. The number of benzene rings is 2. The van der Waals surface area contributed by atoms with Gasteiger partial charge in [0.15, 0.2) is 11.4 Å². The Labute approximate surface area is 132 Å². The fourth-order valence-electron chi connectivity index (χ4n) is 2.91. The molecule has 5 heteroatoms. The van der Waals surface area contributed by atoms with E-state index in [1.54, 1.807) is 6.07 Å². The van der Waals surface area contributed by atoms with Gasteiger partial charge in [-0.05, 0) is 48.7 Å². The van der Waals surface area contributed by atoms with Crippen LogP contribution >= 0.6 is 0 Å². The Morgan fingerprint density at radius 3 is 2.91 bits per heavy atom. The van der Waals surface area contributed by atoms with Crippen molar-refractivity contribution in [2.75, 3.05) is 5.32 Å². The number of carbonyl (C=O) groups excluding carboxylic acids is 1. The fraction of sp³-hybridized carbons (Fsp3) is 0.167. The number of para-hydroxylation sites is 1. The summed E-state index contributed by atoms with van der Waals surface area (Å²) in [6, 6.07) is 11.8. The van der Waals surface area contributed by atoms with Crippen molar-refractivity contribution in [3.05, 3.63) is 53.8 Å². The predicted octanol–water partition coefficient (Wildman–Crippen LogP) is 3.45. The Balaban J connectivity index is 1.78. The molecule has 2 heterocycles. The van der Waals surface area contributed by atoms with Crippen LogP contribution in [0.3, 0.4) is 0 Å². The van der Waals surface area contributed by atoms with Crippen LogP contribution in [0.2, 0.25) is 0 Å². The van der Waals surface area contributed by atoms with Crippen molar-refractivity contribution in [1.29, 1.82) is 0 Å². The number of rotatable bonds is 1. The van der Waals surface area contributed by atoms with E-state index in [9.17, 15) is 9.18 Å². The second kappa shape index (κ2) is 5.21. The number of nitrogens with two attached hydrogens (primary N) is 1. The first-order valence-corrected chi connectivity index (χ1v) is 7.49. The highest BCUT2D eigenvalue weighted by molar-refractivity contribution is 5.96. The van der Waals surface area contributed by atoms with Crippen LogP contribution in [-0.4, -0.2) is 11.9 Å². The van der Waals surface area contributed by atoms with Gasteiger partial charge in [-0.2, -0.15) is 0 Å². The third-order valence-electron chi connectivity index (χ3n) is 4.21. The van der Waals surface area contributed by atoms with Crippen LogP contribution in [0, 0.1) is 5.82 Å². The van der Waals surface area contributed by atoms with Crippen LogP contribution in [0.4, 0.5) is 10.1 Å². The molecule has 1 aliphatic heterocycles. The predicted molar refractivity (Wildman–Crippen MR) is 86.5 cm³/mol. The summed E-state index contributed by atoms with van der Waals surface area (Å²) in [6.07, 6.45) is 1.30. The lowest BCUT2D eigenvalue weighted by molar-refractivity contribution is -0.117. The largest absolute Gasteiger partial charge is 0.453 e. The van der Waals surface area contributed by atoms with E-state index in [1.165, 1.54) is 6.07 Å². The molecular formula is C18H15FN2O2. The molecule has 1 aromatic heterocycles. The van der Waals surface area contributed by atoms with Gasteiger partial charge in [-0.1, -0.05) is 12.1 Å². The van der Waals surface area contributed by atoms with Gasteiger partial charge < -0.3 is 15.5 Å². The molecule has 3 N–H and O–H groups in total. The zero-order chi connectivity index (χ0) is 16.0. The quantitative estimate of drug-likeness (QED) is 0.723. The van der Waals surface area contributed by atoms with Gasteiger partial charge in [0.1, 0.15) is 5.76 Å². The Kier molecular flexibility index (Phi) is 3.16. The molecule has 1 atom stereocenters. The van der Waals surface area contributed by atoms with Gasteiger partial charge in [-0.3, -0.25) is 4.79 Å². The molecule has 2 aromatic carbocycles. The van der Waals surface area contributed by atoms with Crippen LogP contribution in [0.1, 0.15) is 12.0 Å². The second-order valence-electron chi connectivity index (χ2n) is 5.78. The topological polar surface area (TPSA) is 68.3 Å². The van der Waals surface area contributed by atoms with E-state index in [4.69, 9.17) is 10.2 Å². The van der Waals surface area contributed by atoms with E-state index in [0.717, 1.165) is 22.2 Å². The molecule has 0 spiro atoms. The van der Waals surface area contributed by atoms with Crippen molar-refractivity contribution in [3.63, 3.8) is 0 Å². The third kappa shape index (κ3) is 2.39. The molecule has 0 fully saturated rings. The second-order valence-corrected chi connectivity index (χ2v) is 5.78. The van der Waals surface area contributed by atoms with E-state index >= 15 is 0 Å². The summed E-state index contributed by atoms with van der Waals surface area (Å²) < 4.78 is 19.4. The maximum absolute atomic E-state index is 13.8. The van der Waals surface area contributed by atoms with Gasteiger partial charge in [0.25, 0.3) is 0 Å². The molecule has 1 aliphatic rings.